The molecule has 0 aliphatic heterocycles. The molecule has 0 heterocycles. The molecule has 30 heavy (non-hydrogen) atoms. The number of aliphatic imine (C=N–C) groups is 1. The van der Waals surface area contributed by atoms with E-state index in [0.29, 0.717) is 37.0 Å². The predicted molar refractivity (Wildman–Crippen MR) is 120 cm³/mol. The van der Waals surface area contributed by atoms with Crippen LogP contribution >= 0.6 is 0 Å². The standard InChI is InChI=1S/C23H33FN4O2/c1-5-28(6-2)13-14-30-21-12-11-18(15-22(21)29-4)16-26-23(25-3)27-17-19-9-7-8-10-20(19)24/h7-12,15H,5-6,13-14,16-17H2,1-4H3,(H2,25,26,27). The zero-order valence-corrected chi connectivity index (χ0v) is 18.4. The smallest absolute Gasteiger partial charge is 0.191 e. The van der Waals surface area contributed by atoms with Crippen molar-refractivity contribution in [3.63, 3.8) is 0 Å². The van der Waals surface area contributed by atoms with Crippen LogP contribution in [0.15, 0.2) is 47.5 Å². The van der Waals surface area contributed by atoms with Crippen LogP contribution in [-0.2, 0) is 13.1 Å². The molecule has 2 N–H and O–H groups in total. The van der Waals surface area contributed by atoms with Gasteiger partial charge in [0.05, 0.1) is 7.11 Å². The fourth-order valence-electron chi connectivity index (χ4n) is 2.99. The number of guanidine groups is 1. The number of rotatable bonds is 11. The van der Waals surface area contributed by atoms with Crippen LogP contribution in [0.3, 0.4) is 0 Å². The molecule has 0 unspecified atom stereocenters. The lowest BCUT2D eigenvalue weighted by Crippen LogP contribution is -2.36. The maximum Gasteiger partial charge on any atom is 0.191 e. The number of halogens is 1. The minimum absolute atomic E-state index is 0.234. The Balaban J connectivity index is 1.88. The molecular formula is C23H33FN4O2. The van der Waals surface area contributed by atoms with Gasteiger partial charge in [-0.2, -0.15) is 0 Å². The number of hydrogen-bond donors (Lipinski definition) is 2. The van der Waals surface area contributed by atoms with Gasteiger partial charge in [0.15, 0.2) is 17.5 Å². The Labute approximate surface area is 179 Å². The van der Waals surface area contributed by atoms with Crippen molar-refractivity contribution in [1.29, 1.82) is 0 Å². The second-order valence-corrected chi connectivity index (χ2v) is 6.73. The highest BCUT2D eigenvalue weighted by atomic mass is 19.1. The van der Waals surface area contributed by atoms with E-state index in [2.05, 4.69) is 34.4 Å². The van der Waals surface area contributed by atoms with Crippen molar-refractivity contribution in [3.8, 4) is 11.5 Å². The number of likely N-dealkylation sites (N-methyl/N-ethyl adjacent to an activating group) is 1. The van der Waals surface area contributed by atoms with E-state index >= 15 is 0 Å². The molecule has 0 aromatic heterocycles. The van der Waals surface area contributed by atoms with Gasteiger partial charge < -0.3 is 25.0 Å². The SMILES string of the molecule is CCN(CC)CCOc1ccc(CNC(=NC)NCc2ccccc2F)cc1OC. The fraction of sp³-hybridized carbons (Fsp3) is 0.435. The van der Waals surface area contributed by atoms with E-state index in [1.807, 2.05) is 24.3 Å². The van der Waals surface area contributed by atoms with E-state index in [-0.39, 0.29) is 5.82 Å². The van der Waals surface area contributed by atoms with Crippen LogP contribution in [0.25, 0.3) is 0 Å². The van der Waals surface area contributed by atoms with Gasteiger partial charge in [-0.3, -0.25) is 4.99 Å². The topological polar surface area (TPSA) is 58.1 Å². The van der Waals surface area contributed by atoms with Crippen molar-refractivity contribution in [2.75, 3.05) is 40.4 Å². The molecule has 2 rings (SSSR count). The van der Waals surface area contributed by atoms with Gasteiger partial charge in [-0.25, -0.2) is 4.39 Å². The minimum atomic E-state index is -0.234. The fourth-order valence-corrected chi connectivity index (χ4v) is 2.99. The molecule has 0 bridgehead atoms. The quantitative estimate of drug-likeness (QED) is 0.434. The first-order valence-corrected chi connectivity index (χ1v) is 10.3. The summed E-state index contributed by atoms with van der Waals surface area (Å²) >= 11 is 0. The third kappa shape index (κ3) is 7.22. The Hall–Kier alpha value is -2.80. The number of nitrogens with zero attached hydrogens (tertiary/aromatic N) is 2. The highest BCUT2D eigenvalue weighted by Gasteiger charge is 2.08. The van der Waals surface area contributed by atoms with Crippen molar-refractivity contribution in [2.24, 2.45) is 4.99 Å². The average Bonchev–Trinajstić information content (AvgIpc) is 2.78. The first kappa shape index (κ1) is 23.5. The van der Waals surface area contributed by atoms with Crippen LogP contribution in [0.2, 0.25) is 0 Å². The Morgan fingerprint density at radius 1 is 1.03 bits per heavy atom. The lowest BCUT2D eigenvalue weighted by Gasteiger charge is -2.19. The second kappa shape index (κ2) is 12.7. The summed E-state index contributed by atoms with van der Waals surface area (Å²) in [4.78, 5) is 6.50. The third-order valence-electron chi connectivity index (χ3n) is 4.88. The molecule has 6 nitrogen and oxygen atoms in total. The third-order valence-corrected chi connectivity index (χ3v) is 4.88. The van der Waals surface area contributed by atoms with Crippen molar-refractivity contribution >= 4 is 5.96 Å². The number of ether oxygens (including phenoxy) is 2. The number of methoxy groups -OCH3 is 1. The molecule has 0 radical (unpaired) electrons. The molecule has 0 atom stereocenters. The minimum Gasteiger partial charge on any atom is -0.493 e. The lowest BCUT2D eigenvalue weighted by atomic mass is 10.2. The normalized spacial score (nSPS) is 11.5. The van der Waals surface area contributed by atoms with Crippen LogP contribution < -0.4 is 20.1 Å². The van der Waals surface area contributed by atoms with E-state index in [9.17, 15) is 4.39 Å². The maximum atomic E-state index is 13.8. The molecule has 7 heteroatoms. The number of benzene rings is 2. The molecule has 2 aromatic rings. The Morgan fingerprint density at radius 2 is 1.77 bits per heavy atom. The van der Waals surface area contributed by atoms with Gasteiger partial charge in [0, 0.05) is 32.2 Å². The zero-order chi connectivity index (χ0) is 21.8. The Kier molecular flexibility index (Phi) is 9.94. The summed E-state index contributed by atoms with van der Waals surface area (Å²) in [7, 11) is 3.32. The summed E-state index contributed by atoms with van der Waals surface area (Å²) in [5, 5.41) is 6.36. The van der Waals surface area contributed by atoms with Crippen LogP contribution in [0.5, 0.6) is 11.5 Å². The van der Waals surface area contributed by atoms with Gasteiger partial charge in [0.2, 0.25) is 0 Å². The summed E-state index contributed by atoms with van der Waals surface area (Å²) in [6.07, 6.45) is 0. The Bertz CT molecular complexity index is 810. The second-order valence-electron chi connectivity index (χ2n) is 6.73. The van der Waals surface area contributed by atoms with Gasteiger partial charge >= 0.3 is 0 Å². The van der Waals surface area contributed by atoms with Crippen LogP contribution in [-0.4, -0.2) is 51.3 Å². The van der Waals surface area contributed by atoms with Gasteiger partial charge in [-0.1, -0.05) is 38.1 Å². The zero-order valence-electron chi connectivity index (χ0n) is 18.4. The first-order chi connectivity index (χ1) is 14.6. The van der Waals surface area contributed by atoms with Crippen LogP contribution in [0.1, 0.15) is 25.0 Å². The van der Waals surface area contributed by atoms with E-state index < -0.39 is 0 Å². The van der Waals surface area contributed by atoms with E-state index in [4.69, 9.17) is 9.47 Å². The van der Waals surface area contributed by atoms with Gasteiger partial charge in [-0.05, 0) is 36.9 Å². The molecule has 0 amide bonds. The van der Waals surface area contributed by atoms with Crippen molar-refractivity contribution in [2.45, 2.75) is 26.9 Å². The van der Waals surface area contributed by atoms with Crippen molar-refractivity contribution in [3.05, 3.63) is 59.4 Å². The van der Waals surface area contributed by atoms with E-state index in [1.54, 1.807) is 26.3 Å². The molecular weight excluding hydrogens is 383 g/mol. The molecule has 0 fully saturated rings. The summed E-state index contributed by atoms with van der Waals surface area (Å²) in [5.41, 5.74) is 1.62. The van der Waals surface area contributed by atoms with Crippen molar-refractivity contribution in [1.82, 2.24) is 15.5 Å². The summed E-state index contributed by atoms with van der Waals surface area (Å²) in [6, 6.07) is 12.6. The maximum absolute atomic E-state index is 13.8. The monoisotopic (exact) mass is 416 g/mol. The molecule has 0 aliphatic rings. The predicted octanol–water partition coefficient (Wildman–Crippen LogP) is 3.42. The van der Waals surface area contributed by atoms with E-state index in [1.165, 1.54) is 6.07 Å². The van der Waals surface area contributed by atoms with Gasteiger partial charge in [0.25, 0.3) is 0 Å². The largest absolute Gasteiger partial charge is 0.493 e. The van der Waals surface area contributed by atoms with Gasteiger partial charge in [-0.15, -0.1) is 0 Å². The van der Waals surface area contributed by atoms with E-state index in [0.717, 1.165) is 30.9 Å². The molecule has 164 valence electrons. The lowest BCUT2D eigenvalue weighted by molar-refractivity contribution is 0.217. The molecule has 0 saturated carbocycles. The first-order valence-electron chi connectivity index (χ1n) is 10.3. The summed E-state index contributed by atoms with van der Waals surface area (Å²) < 4.78 is 25.2. The van der Waals surface area contributed by atoms with Gasteiger partial charge in [0.1, 0.15) is 12.4 Å². The molecule has 0 aliphatic carbocycles. The number of nitrogens with one attached hydrogen (secondary N) is 2. The highest BCUT2D eigenvalue weighted by molar-refractivity contribution is 5.79. The van der Waals surface area contributed by atoms with Crippen molar-refractivity contribution < 1.29 is 13.9 Å². The molecule has 2 aromatic carbocycles. The Morgan fingerprint density at radius 3 is 2.43 bits per heavy atom. The molecule has 0 spiro atoms. The highest BCUT2D eigenvalue weighted by Crippen LogP contribution is 2.28. The average molecular weight is 417 g/mol. The summed E-state index contributed by atoms with van der Waals surface area (Å²) in [5.74, 6) is 1.79. The molecule has 0 saturated heterocycles. The number of hydrogen-bond acceptors (Lipinski definition) is 4. The van der Waals surface area contributed by atoms with Crippen LogP contribution in [0.4, 0.5) is 4.39 Å². The summed E-state index contributed by atoms with van der Waals surface area (Å²) in [6.45, 7) is 8.70. The van der Waals surface area contributed by atoms with Crippen LogP contribution in [0, 0.1) is 5.82 Å².